The molecule has 0 bridgehead atoms. The highest BCUT2D eigenvalue weighted by atomic mass is 16.4. The molecule has 0 rings (SSSR count). The Balaban J connectivity index is 0. The van der Waals surface area contributed by atoms with Crippen LogP contribution in [-0.2, 0) is 9.59 Å². The molecule has 0 aliphatic heterocycles. The molecule has 25 heavy (non-hydrogen) atoms. The van der Waals surface area contributed by atoms with Crippen LogP contribution in [0.25, 0.3) is 0 Å². The molecule has 0 unspecified atom stereocenters. The minimum Gasteiger partial charge on any atom is -0.480 e. The highest BCUT2D eigenvalue weighted by molar-refractivity contribution is 5.73. The minimum atomic E-state index is -0.968. The van der Waals surface area contributed by atoms with Gasteiger partial charge >= 0.3 is 5.97 Å². The highest BCUT2D eigenvalue weighted by Gasteiger charge is 1.96. The van der Waals surface area contributed by atoms with Gasteiger partial charge in [-0.1, -0.05) is 96.8 Å². The predicted octanol–water partition coefficient (Wildman–Crippen LogP) is 4.76. The highest BCUT2D eigenvalue weighted by Crippen LogP contribution is 2.13. The number of aliphatic carboxylic acids is 1. The maximum Gasteiger partial charge on any atom is 0.317 e. The second-order valence-electron chi connectivity index (χ2n) is 6.76. The third-order valence-electron chi connectivity index (χ3n) is 4.20. The number of carboxylic acids is 1. The number of unbranched alkanes of at least 4 members (excludes halogenated alkanes) is 14. The van der Waals surface area contributed by atoms with E-state index in [-0.39, 0.29) is 12.5 Å². The Hall–Kier alpha value is -1.10. The van der Waals surface area contributed by atoms with Gasteiger partial charge in [-0.05, 0) is 6.42 Å². The van der Waals surface area contributed by atoms with Crippen LogP contribution in [0.15, 0.2) is 0 Å². The second-order valence-corrected chi connectivity index (χ2v) is 6.76. The van der Waals surface area contributed by atoms with Gasteiger partial charge in [0.2, 0.25) is 5.91 Å². The number of rotatable bonds is 17. The summed E-state index contributed by atoms with van der Waals surface area (Å²) in [6.45, 7) is 2.00. The normalized spacial score (nSPS) is 10.2. The molecule has 0 saturated heterocycles. The van der Waals surface area contributed by atoms with Gasteiger partial charge in [-0.15, -0.1) is 0 Å². The molecule has 0 aromatic carbocycles. The summed E-state index contributed by atoms with van der Waals surface area (Å²) in [5.74, 6) is -1.12. The maximum absolute atomic E-state index is 10.6. The lowest BCUT2D eigenvalue weighted by Crippen LogP contribution is -2.10. The summed E-state index contributed by atoms with van der Waals surface area (Å²) < 4.78 is 0. The third kappa shape index (κ3) is 31.2. The maximum atomic E-state index is 10.6. The quantitative estimate of drug-likeness (QED) is 0.326. The Morgan fingerprint density at radius 3 is 1.20 bits per heavy atom. The van der Waals surface area contributed by atoms with E-state index in [4.69, 9.17) is 10.8 Å². The van der Waals surface area contributed by atoms with Crippen LogP contribution in [0.4, 0.5) is 0 Å². The summed E-state index contributed by atoms with van der Waals surface area (Å²) in [7, 11) is 0. The Bertz CT molecular complexity index is 297. The molecule has 0 aliphatic carbocycles. The lowest BCUT2D eigenvalue weighted by Gasteiger charge is -2.03. The number of carbonyl (C=O) groups excluding carboxylic acids is 1. The summed E-state index contributed by atoms with van der Waals surface area (Å²) in [6.07, 6.45) is 20.9. The van der Waals surface area contributed by atoms with Gasteiger partial charge in [-0.3, -0.25) is 9.59 Å². The summed E-state index contributed by atoms with van der Waals surface area (Å²) in [6, 6.07) is 0. The standard InChI is InChI=1S/C18H37NO.C2H5NO2/c1-2-3-4-5-6-7-8-9-10-11-12-13-14-15-16-17-18(19)20;3-1-2(4)5/h2-17H2,1H3,(H2,19,20);1,3H2,(H,4,5). The van der Waals surface area contributed by atoms with Crippen molar-refractivity contribution in [3.63, 3.8) is 0 Å². The van der Waals surface area contributed by atoms with Crippen molar-refractivity contribution in [1.29, 1.82) is 0 Å². The first-order valence-electron chi connectivity index (χ1n) is 10.2. The third-order valence-corrected chi connectivity index (χ3v) is 4.20. The predicted molar refractivity (Wildman–Crippen MR) is 105 cm³/mol. The van der Waals surface area contributed by atoms with Gasteiger partial charge in [0, 0.05) is 6.42 Å². The van der Waals surface area contributed by atoms with Gasteiger partial charge in [0.15, 0.2) is 0 Å². The lowest BCUT2D eigenvalue weighted by atomic mass is 10.0. The molecule has 0 aromatic heterocycles. The number of primary amides is 1. The van der Waals surface area contributed by atoms with Crippen molar-refractivity contribution in [3.8, 4) is 0 Å². The summed E-state index contributed by atoms with van der Waals surface area (Å²) in [5, 5.41) is 7.60. The van der Waals surface area contributed by atoms with Crippen LogP contribution in [-0.4, -0.2) is 23.5 Å². The van der Waals surface area contributed by atoms with Crippen molar-refractivity contribution < 1.29 is 14.7 Å². The van der Waals surface area contributed by atoms with Crippen LogP contribution in [0.5, 0.6) is 0 Å². The van der Waals surface area contributed by atoms with E-state index in [0.717, 1.165) is 6.42 Å². The monoisotopic (exact) mass is 358 g/mol. The molecule has 5 heteroatoms. The number of carboxylic acid groups (broad SMARTS) is 1. The van der Waals surface area contributed by atoms with Crippen molar-refractivity contribution in [1.82, 2.24) is 0 Å². The molecule has 0 radical (unpaired) electrons. The minimum absolute atomic E-state index is 0.153. The first kappa shape index (κ1) is 26.1. The van der Waals surface area contributed by atoms with Crippen molar-refractivity contribution >= 4 is 11.9 Å². The van der Waals surface area contributed by atoms with E-state index in [2.05, 4.69) is 12.7 Å². The molecule has 0 spiro atoms. The molecule has 0 saturated carbocycles. The number of hydrogen-bond acceptors (Lipinski definition) is 3. The van der Waals surface area contributed by atoms with Crippen LogP contribution >= 0.6 is 0 Å². The number of carbonyl (C=O) groups is 2. The van der Waals surface area contributed by atoms with E-state index in [1.54, 1.807) is 0 Å². The fourth-order valence-corrected chi connectivity index (χ4v) is 2.67. The van der Waals surface area contributed by atoms with Crippen LogP contribution in [0.2, 0.25) is 0 Å². The number of amides is 1. The van der Waals surface area contributed by atoms with Crippen molar-refractivity contribution in [2.45, 2.75) is 110 Å². The Kier molecular flexibility index (Phi) is 23.9. The van der Waals surface area contributed by atoms with Gasteiger partial charge < -0.3 is 16.6 Å². The Morgan fingerprint density at radius 2 is 0.960 bits per heavy atom. The zero-order valence-electron chi connectivity index (χ0n) is 16.4. The van der Waals surface area contributed by atoms with Gasteiger partial charge in [-0.25, -0.2) is 0 Å². The van der Waals surface area contributed by atoms with E-state index < -0.39 is 5.97 Å². The SMILES string of the molecule is CCCCCCCCCCCCCCCCCC(N)=O.NCC(=O)O. The zero-order chi connectivity index (χ0) is 19.2. The van der Waals surface area contributed by atoms with Crippen LogP contribution in [0.3, 0.4) is 0 Å². The molecule has 0 aliphatic rings. The van der Waals surface area contributed by atoms with E-state index in [1.165, 1.54) is 89.9 Å². The average Bonchev–Trinajstić information content (AvgIpc) is 2.58. The fourth-order valence-electron chi connectivity index (χ4n) is 2.67. The smallest absolute Gasteiger partial charge is 0.317 e. The lowest BCUT2D eigenvalue weighted by molar-refractivity contribution is -0.135. The molecule has 1 amide bonds. The summed E-state index contributed by atoms with van der Waals surface area (Å²) in [4.78, 5) is 19.8. The fraction of sp³-hybridized carbons (Fsp3) is 0.900. The molecular weight excluding hydrogens is 316 g/mol. The molecule has 0 atom stereocenters. The number of nitrogens with two attached hydrogens (primary N) is 2. The molecule has 0 fully saturated rings. The molecule has 150 valence electrons. The summed E-state index contributed by atoms with van der Waals surface area (Å²) >= 11 is 0. The molecular formula is C20H42N2O3. The first-order chi connectivity index (χ1) is 12.0. The van der Waals surface area contributed by atoms with Gasteiger partial charge in [0.25, 0.3) is 0 Å². The second kappa shape index (κ2) is 22.9. The molecule has 5 nitrogen and oxygen atoms in total. The van der Waals surface area contributed by atoms with Crippen molar-refractivity contribution in [3.05, 3.63) is 0 Å². The van der Waals surface area contributed by atoms with E-state index in [0.29, 0.717) is 6.42 Å². The van der Waals surface area contributed by atoms with Crippen LogP contribution in [0, 0.1) is 0 Å². The van der Waals surface area contributed by atoms with Crippen molar-refractivity contribution in [2.75, 3.05) is 6.54 Å². The zero-order valence-corrected chi connectivity index (χ0v) is 16.4. The van der Waals surface area contributed by atoms with Crippen molar-refractivity contribution in [2.24, 2.45) is 11.5 Å². The molecule has 0 heterocycles. The van der Waals surface area contributed by atoms with E-state index in [1.807, 2.05) is 0 Å². The first-order valence-corrected chi connectivity index (χ1v) is 10.2. The number of hydrogen-bond donors (Lipinski definition) is 3. The van der Waals surface area contributed by atoms with Gasteiger partial charge in [-0.2, -0.15) is 0 Å². The molecule has 5 N–H and O–H groups in total. The van der Waals surface area contributed by atoms with E-state index in [9.17, 15) is 9.59 Å². The Morgan fingerprint density at radius 1 is 0.680 bits per heavy atom. The topological polar surface area (TPSA) is 106 Å². The van der Waals surface area contributed by atoms with Gasteiger partial charge in [0.05, 0.1) is 6.54 Å². The summed E-state index contributed by atoms with van der Waals surface area (Å²) in [5.41, 5.74) is 9.68. The Labute approximate surface area is 154 Å². The average molecular weight is 359 g/mol. The van der Waals surface area contributed by atoms with Gasteiger partial charge in [0.1, 0.15) is 0 Å². The van der Waals surface area contributed by atoms with Crippen LogP contribution in [0.1, 0.15) is 110 Å². The van der Waals surface area contributed by atoms with Crippen LogP contribution < -0.4 is 11.5 Å². The van der Waals surface area contributed by atoms with E-state index >= 15 is 0 Å². The molecule has 0 aromatic rings. The largest absolute Gasteiger partial charge is 0.480 e.